The Hall–Kier alpha value is -0.300. The summed E-state index contributed by atoms with van der Waals surface area (Å²) in [6.45, 7) is 8.91. The normalized spacial score (nSPS) is 15.4. The quantitative estimate of drug-likeness (QED) is 0.629. The van der Waals surface area contributed by atoms with E-state index >= 15 is 0 Å². The third-order valence-corrected chi connectivity index (χ3v) is 2.04. The Morgan fingerprint density at radius 3 is 2.25 bits per heavy atom. The molecule has 0 aromatic rings. The van der Waals surface area contributed by atoms with Crippen molar-refractivity contribution in [3.63, 3.8) is 0 Å². The minimum absolute atomic E-state index is 0.319. The molecule has 1 heteroatoms. The summed E-state index contributed by atoms with van der Waals surface area (Å²) in [6, 6.07) is 0. The lowest BCUT2D eigenvalue weighted by Crippen LogP contribution is -2.06. The zero-order valence-corrected chi connectivity index (χ0v) is 8.80. The molecule has 0 heterocycles. The Morgan fingerprint density at radius 1 is 1.25 bits per heavy atom. The van der Waals surface area contributed by atoms with Crippen LogP contribution in [0.1, 0.15) is 40.5 Å². The Morgan fingerprint density at radius 2 is 1.83 bits per heavy atom. The van der Waals surface area contributed by atoms with Crippen LogP contribution in [0.25, 0.3) is 0 Å². The maximum Gasteiger partial charge on any atom is 0.0456 e. The van der Waals surface area contributed by atoms with Crippen molar-refractivity contribution in [2.45, 2.75) is 40.5 Å². The molecule has 2 atom stereocenters. The van der Waals surface area contributed by atoms with Crippen LogP contribution in [0, 0.1) is 11.8 Å². The van der Waals surface area contributed by atoms with Gasteiger partial charge in [-0.3, -0.25) is 0 Å². The molecule has 72 valence electrons. The second-order valence-corrected chi connectivity index (χ2v) is 4.15. The van der Waals surface area contributed by atoms with Gasteiger partial charge in [0.25, 0.3) is 0 Å². The zero-order valence-electron chi connectivity index (χ0n) is 8.80. The lowest BCUT2D eigenvalue weighted by atomic mass is 9.95. The van der Waals surface area contributed by atoms with Crippen LogP contribution in [0.4, 0.5) is 0 Å². The van der Waals surface area contributed by atoms with Crippen LogP contribution in [0.2, 0.25) is 0 Å². The van der Waals surface area contributed by atoms with Gasteiger partial charge in [0.1, 0.15) is 0 Å². The van der Waals surface area contributed by atoms with Crippen molar-refractivity contribution in [1.82, 2.24) is 0 Å². The molecule has 0 aliphatic heterocycles. The summed E-state index contributed by atoms with van der Waals surface area (Å²) in [6.07, 6.45) is 4.54. The van der Waals surface area contributed by atoms with E-state index in [1.54, 1.807) is 0 Å². The summed E-state index contributed by atoms with van der Waals surface area (Å²) >= 11 is 0. The monoisotopic (exact) mass is 170 g/mol. The van der Waals surface area contributed by atoms with Gasteiger partial charge in [-0.25, -0.2) is 0 Å². The molecular formula is C11H22O. The molecular weight excluding hydrogens is 148 g/mol. The zero-order chi connectivity index (χ0) is 9.56. The molecule has 0 aromatic heterocycles. The number of hydrogen-bond donors (Lipinski definition) is 1. The van der Waals surface area contributed by atoms with Crippen molar-refractivity contribution in [2.24, 2.45) is 11.8 Å². The highest BCUT2D eigenvalue weighted by molar-refractivity contribution is 4.93. The highest BCUT2D eigenvalue weighted by Gasteiger charge is 2.05. The fourth-order valence-corrected chi connectivity index (χ4v) is 1.29. The summed E-state index contributed by atoms with van der Waals surface area (Å²) in [5.74, 6) is 1.15. The van der Waals surface area contributed by atoms with Gasteiger partial charge in [0.05, 0.1) is 0 Å². The predicted molar refractivity (Wildman–Crippen MR) is 54.1 cm³/mol. The van der Waals surface area contributed by atoms with E-state index in [0.29, 0.717) is 18.4 Å². The Kier molecular flexibility index (Phi) is 6.09. The van der Waals surface area contributed by atoms with Crippen LogP contribution in [0.5, 0.6) is 0 Å². The van der Waals surface area contributed by atoms with Gasteiger partial charge in [-0.15, -0.1) is 0 Å². The van der Waals surface area contributed by atoms with E-state index in [4.69, 9.17) is 5.11 Å². The number of hydrogen-bond acceptors (Lipinski definition) is 1. The maximum atomic E-state index is 8.85. The average Bonchev–Trinajstić information content (AvgIpc) is 2.00. The maximum absolute atomic E-state index is 8.85. The van der Waals surface area contributed by atoms with Gasteiger partial charge in [-0.2, -0.15) is 0 Å². The molecule has 0 aliphatic carbocycles. The molecule has 1 nitrogen and oxygen atoms in total. The molecule has 0 bridgehead atoms. The van der Waals surface area contributed by atoms with E-state index in [2.05, 4.69) is 33.8 Å². The molecule has 0 spiro atoms. The fraction of sp³-hybridized carbons (Fsp3) is 0.818. The fourth-order valence-electron chi connectivity index (χ4n) is 1.29. The molecule has 0 fully saturated rings. The van der Waals surface area contributed by atoms with Crippen molar-refractivity contribution in [3.05, 3.63) is 11.6 Å². The first-order chi connectivity index (χ1) is 5.56. The van der Waals surface area contributed by atoms with Crippen molar-refractivity contribution < 1.29 is 5.11 Å². The molecule has 0 saturated carbocycles. The highest BCUT2D eigenvalue weighted by atomic mass is 16.3. The predicted octanol–water partition coefficient (Wildman–Crippen LogP) is 3.00. The van der Waals surface area contributed by atoms with Crippen molar-refractivity contribution in [1.29, 1.82) is 0 Å². The Balaban J connectivity index is 3.59. The molecule has 0 aliphatic rings. The van der Waals surface area contributed by atoms with E-state index < -0.39 is 0 Å². The van der Waals surface area contributed by atoms with Crippen molar-refractivity contribution in [2.75, 3.05) is 6.61 Å². The standard InChI is InChI=1S/C11H22O/c1-9(2)5-6-10(3)7-11(4)8-12/h5,10-12H,6-8H2,1-4H3/t10-,11-/m0/s1. The number of aliphatic hydroxyl groups excluding tert-OH is 1. The van der Waals surface area contributed by atoms with E-state index in [1.165, 1.54) is 5.57 Å². The first-order valence-corrected chi connectivity index (χ1v) is 4.80. The molecule has 0 aromatic carbocycles. The van der Waals surface area contributed by atoms with Crippen LogP contribution >= 0.6 is 0 Å². The van der Waals surface area contributed by atoms with Gasteiger partial charge in [-0.1, -0.05) is 25.5 Å². The van der Waals surface area contributed by atoms with Crippen molar-refractivity contribution >= 4 is 0 Å². The Bertz CT molecular complexity index is 134. The largest absolute Gasteiger partial charge is 0.396 e. The first-order valence-electron chi connectivity index (χ1n) is 4.80. The third kappa shape index (κ3) is 6.41. The molecule has 0 unspecified atom stereocenters. The molecule has 0 amide bonds. The topological polar surface area (TPSA) is 20.2 Å². The van der Waals surface area contributed by atoms with Crippen LogP contribution in [0.3, 0.4) is 0 Å². The van der Waals surface area contributed by atoms with E-state index in [9.17, 15) is 0 Å². The minimum Gasteiger partial charge on any atom is -0.396 e. The van der Waals surface area contributed by atoms with Gasteiger partial charge in [0.2, 0.25) is 0 Å². The number of allylic oxidation sites excluding steroid dienone is 2. The molecule has 0 radical (unpaired) electrons. The van der Waals surface area contributed by atoms with E-state index in [-0.39, 0.29) is 0 Å². The molecule has 1 N–H and O–H groups in total. The smallest absolute Gasteiger partial charge is 0.0456 e. The van der Waals surface area contributed by atoms with Gasteiger partial charge < -0.3 is 5.11 Å². The van der Waals surface area contributed by atoms with Crippen LogP contribution in [-0.4, -0.2) is 11.7 Å². The average molecular weight is 170 g/mol. The van der Waals surface area contributed by atoms with Crippen LogP contribution in [0.15, 0.2) is 11.6 Å². The summed E-state index contributed by atoms with van der Waals surface area (Å²) in [5, 5.41) is 8.85. The van der Waals surface area contributed by atoms with E-state index in [0.717, 1.165) is 12.8 Å². The van der Waals surface area contributed by atoms with Gasteiger partial charge in [-0.05, 0) is 38.5 Å². The first kappa shape index (κ1) is 11.7. The minimum atomic E-state index is 0.319. The number of rotatable bonds is 5. The number of aliphatic hydroxyl groups is 1. The molecule has 12 heavy (non-hydrogen) atoms. The summed E-state index contributed by atoms with van der Waals surface area (Å²) < 4.78 is 0. The summed E-state index contributed by atoms with van der Waals surface area (Å²) in [5.41, 5.74) is 1.39. The lowest BCUT2D eigenvalue weighted by molar-refractivity contribution is 0.215. The second-order valence-electron chi connectivity index (χ2n) is 4.15. The van der Waals surface area contributed by atoms with Gasteiger partial charge in [0, 0.05) is 6.61 Å². The summed E-state index contributed by atoms with van der Waals surface area (Å²) in [7, 11) is 0. The lowest BCUT2D eigenvalue weighted by Gasteiger charge is -2.13. The van der Waals surface area contributed by atoms with Crippen molar-refractivity contribution in [3.8, 4) is 0 Å². The van der Waals surface area contributed by atoms with Crippen LogP contribution < -0.4 is 0 Å². The second kappa shape index (κ2) is 6.24. The van der Waals surface area contributed by atoms with E-state index in [1.807, 2.05) is 0 Å². The van der Waals surface area contributed by atoms with Gasteiger partial charge >= 0.3 is 0 Å². The molecule has 0 saturated heterocycles. The van der Waals surface area contributed by atoms with Crippen LogP contribution in [-0.2, 0) is 0 Å². The molecule has 0 rings (SSSR count). The highest BCUT2D eigenvalue weighted by Crippen LogP contribution is 2.15. The Labute approximate surface area is 76.5 Å². The van der Waals surface area contributed by atoms with Gasteiger partial charge in [0.15, 0.2) is 0 Å². The SMILES string of the molecule is CC(C)=CC[C@H](C)C[C@H](C)CO. The summed E-state index contributed by atoms with van der Waals surface area (Å²) in [4.78, 5) is 0. The third-order valence-electron chi connectivity index (χ3n) is 2.04.